The van der Waals surface area contributed by atoms with E-state index in [2.05, 4.69) is 4.74 Å². The summed E-state index contributed by atoms with van der Waals surface area (Å²) >= 11 is 0. The van der Waals surface area contributed by atoms with Crippen molar-refractivity contribution in [3.05, 3.63) is 29.8 Å². The fourth-order valence-corrected chi connectivity index (χ4v) is 1.98. The van der Waals surface area contributed by atoms with Crippen molar-refractivity contribution < 1.29 is 30.7 Å². The van der Waals surface area contributed by atoms with Crippen molar-refractivity contribution in [2.45, 2.75) is 23.9 Å². The zero-order valence-corrected chi connectivity index (χ0v) is 10.9. The molecule has 0 saturated carbocycles. The van der Waals surface area contributed by atoms with E-state index in [-0.39, 0.29) is 10.5 Å². The molecule has 0 N–H and O–H groups in total. The number of hydrogen-bond acceptors (Lipinski definition) is 3. The highest BCUT2D eigenvalue weighted by molar-refractivity contribution is 8.13. The summed E-state index contributed by atoms with van der Waals surface area (Å²) in [7, 11) is 1.15. The van der Waals surface area contributed by atoms with Gasteiger partial charge in [0.2, 0.25) is 0 Å². The van der Waals surface area contributed by atoms with Crippen LogP contribution in [-0.4, -0.2) is 27.4 Å². The lowest BCUT2D eigenvalue weighted by molar-refractivity contribution is -0.168. The molecule has 1 aromatic rings. The second-order valence-corrected chi connectivity index (χ2v) is 6.21. The third kappa shape index (κ3) is 4.96. The molecule has 1 rings (SSSR count). The highest BCUT2D eigenvalue weighted by atomic mass is 35.7. The summed E-state index contributed by atoms with van der Waals surface area (Å²) in [6, 6.07) is 5.05. The van der Waals surface area contributed by atoms with E-state index >= 15 is 0 Å². The molecule has 0 unspecified atom stereocenters. The van der Waals surface area contributed by atoms with Gasteiger partial charge in [0.05, 0.1) is 11.5 Å². The molecule has 0 spiro atoms. The van der Waals surface area contributed by atoms with Crippen LogP contribution in [0.15, 0.2) is 29.2 Å². The molecule has 0 fully saturated rings. The van der Waals surface area contributed by atoms with E-state index in [9.17, 15) is 26.0 Å². The Morgan fingerprint density at radius 1 is 1.32 bits per heavy atom. The predicted molar refractivity (Wildman–Crippen MR) is 60.1 cm³/mol. The molecule has 0 atom stereocenters. The summed E-state index contributed by atoms with van der Waals surface area (Å²) in [4.78, 5) is -0.226. The summed E-state index contributed by atoms with van der Waals surface area (Å²) in [6.45, 7) is -1.88. The van der Waals surface area contributed by atoms with Crippen molar-refractivity contribution in [2.24, 2.45) is 0 Å². The molecule has 0 aromatic heterocycles. The van der Waals surface area contributed by atoms with E-state index in [0.717, 1.165) is 6.07 Å². The van der Waals surface area contributed by atoms with Crippen molar-refractivity contribution in [3.63, 3.8) is 0 Å². The Kier molecular flexibility index (Phi) is 5.17. The maximum absolute atomic E-state index is 12.5. The molecule has 0 heterocycles. The third-order valence-corrected chi connectivity index (χ3v) is 3.41. The van der Waals surface area contributed by atoms with Gasteiger partial charge in [-0.25, -0.2) is 17.2 Å². The van der Waals surface area contributed by atoms with Gasteiger partial charge in [0.15, 0.2) is 0 Å². The van der Waals surface area contributed by atoms with Gasteiger partial charge in [-0.15, -0.1) is 0 Å². The van der Waals surface area contributed by atoms with Crippen LogP contribution >= 0.6 is 10.7 Å². The van der Waals surface area contributed by atoms with Gasteiger partial charge in [-0.1, -0.05) is 12.1 Å². The summed E-state index contributed by atoms with van der Waals surface area (Å²) in [5.74, 6) is -4.24. The molecule has 1 aromatic carbocycles. The topological polar surface area (TPSA) is 43.4 Å². The van der Waals surface area contributed by atoms with Crippen molar-refractivity contribution >= 4 is 19.7 Å². The van der Waals surface area contributed by atoms with Crippen molar-refractivity contribution in [2.75, 3.05) is 6.61 Å². The molecule has 0 bridgehead atoms. The number of alkyl halides is 4. The van der Waals surface area contributed by atoms with Crippen LogP contribution in [0, 0.1) is 0 Å². The van der Waals surface area contributed by atoms with Crippen LogP contribution in [0.25, 0.3) is 0 Å². The first-order valence-electron chi connectivity index (χ1n) is 4.90. The molecule has 0 aliphatic rings. The maximum atomic E-state index is 12.5. The van der Waals surface area contributed by atoms with Crippen molar-refractivity contribution in [1.82, 2.24) is 0 Å². The molecule has 3 nitrogen and oxygen atoms in total. The lowest BCUT2D eigenvalue weighted by atomic mass is 10.2. The van der Waals surface area contributed by atoms with Crippen molar-refractivity contribution in [1.29, 1.82) is 0 Å². The molecule has 0 saturated heterocycles. The first-order valence-corrected chi connectivity index (χ1v) is 7.21. The van der Waals surface area contributed by atoms with Crippen LogP contribution in [0.4, 0.5) is 17.6 Å². The van der Waals surface area contributed by atoms with Crippen LogP contribution in [0.5, 0.6) is 0 Å². The smallest absolute Gasteiger partial charge is 0.330 e. The minimum atomic E-state index is -4.24. The molecule has 0 radical (unpaired) electrons. The van der Waals surface area contributed by atoms with Gasteiger partial charge in [0, 0.05) is 10.7 Å². The van der Waals surface area contributed by atoms with Crippen LogP contribution in [0.1, 0.15) is 5.56 Å². The number of benzene rings is 1. The highest BCUT2D eigenvalue weighted by Crippen LogP contribution is 2.23. The van der Waals surface area contributed by atoms with Gasteiger partial charge >= 0.3 is 12.3 Å². The van der Waals surface area contributed by atoms with Gasteiger partial charge < -0.3 is 4.74 Å². The van der Waals surface area contributed by atoms with Crippen molar-refractivity contribution in [3.8, 4) is 0 Å². The zero-order chi connectivity index (χ0) is 14.7. The fourth-order valence-electron chi connectivity index (χ4n) is 1.15. The SMILES string of the molecule is O=S(=O)(Cl)c1cccc(COCC(F)(F)C(F)F)c1. The normalized spacial score (nSPS) is 12.9. The average Bonchev–Trinajstić information content (AvgIpc) is 2.28. The van der Waals surface area contributed by atoms with Gasteiger partial charge in [-0.05, 0) is 17.7 Å². The molecular weight excluding hydrogens is 312 g/mol. The maximum Gasteiger partial charge on any atom is 0.330 e. The average molecular weight is 321 g/mol. The van der Waals surface area contributed by atoms with Gasteiger partial charge in [-0.2, -0.15) is 8.78 Å². The van der Waals surface area contributed by atoms with E-state index in [4.69, 9.17) is 10.7 Å². The second-order valence-electron chi connectivity index (χ2n) is 3.64. The molecule has 0 amide bonds. The fraction of sp³-hybridized carbons (Fsp3) is 0.400. The summed E-state index contributed by atoms with van der Waals surface area (Å²) in [6.07, 6.45) is -3.82. The van der Waals surface area contributed by atoms with Crippen LogP contribution < -0.4 is 0 Å². The number of halogens is 5. The van der Waals surface area contributed by atoms with Crippen LogP contribution in [0.3, 0.4) is 0 Å². The lowest BCUT2D eigenvalue weighted by Crippen LogP contribution is -2.32. The molecular formula is C10H9ClF4O3S. The third-order valence-electron chi connectivity index (χ3n) is 2.06. The Bertz CT molecular complexity index is 533. The standard InChI is InChI=1S/C10H9ClF4O3S/c11-19(16,17)8-3-1-2-7(4-8)5-18-6-10(14,15)9(12)13/h1-4,9H,5-6H2. The first-order chi connectivity index (χ1) is 8.63. The molecule has 108 valence electrons. The molecule has 0 aliphatic heterocycles. The molecule has 19 heavy (non-hydrogen) atoms. The van der Waals surface area contributed by atoms with E-state index in [1.165, 1.54) is 18.2 Å². The lowest BCUT2D eigenvalue weighted by Gasteiger charge is -2.15. The Balaban J connectivity index is 2.65. The monoisotopic (exact) mass is 320 g/mol. The minimum absolute atomic E-state index is 0.226. The number of hydrogen-bond donors (Lipinski definition) is 0. The summed E-state index contributed by atoms with van der Waals surface area (Å²) in [5.41, 5.74) is 0.229. The highest BCUT2D eigenvalue weighted by Gasteiger charge is 2.40. The van der Waals surface area contributed by atoms with Gasteiger partial charge in [0.25, 0.3) is 9.05 Å². The molecule has 9 heteroatoms. The van der Waals surface area contributed by atoms with Crippen LogP contribution in [0.2, 0.25) is 0 Å². The van der Waals surface area contributed by atoms with E-state index in [1.54, 1.807) is 0 Å². The summed E-state index contributed by atoms with van der Waals surface area (Å²) in [5, 5.41) is 0. The Labute approximate surface area is 111 Å². The minimum Gasteiger partial charge on any atom is -0.370 e. The van der Waals surface area contributed by atoms with Gasteiger partial charge in [-0.3, -0.25) is 0 Å². The van der Waals surface area contributed by atoms with Crippen LogP contribution in [-0.2, 0) is 20.4 Å². The Hall–Kier alpha value is -0.860. The van der Waals surface area contributed by atoms with Gasteiger partial charge in [0.1, 0.15) is 6.61 Å². The van der Waals surface area contributed by atoms with E-state index in [0.29, 0.717) is 0 Å². The predicted octanol–water partition coefficient (Wildman–Crippen LogP) is 3.03. The Morgan fingerprint density at radius 2 is 1.95 bits per heavy atom. The second kappa shape index (κ2) is 6.06. The largest absolute Gasteiger partial charge is 0.370 e. The Morgan fingerprint density at radius 3 is 2.47 bits per heavy atom. The summed E-state index contributed by atoms with van der Waals surface area (Å²) < 4.78 is 75.2. The first kappa shape index (κ1) is 16.2. The quantitative estimate of drug-likeness (QED) is 0.598. The molecule has 0 aliphatic carbocycles. The number of rotatable bonds is 6. The zero-order valence-electron chi connectivity index (χ0n) is 9.32. The number of ether oxygens (including phenoxy) is 1. The van der Waals surface area contributed by atoms with E-state index in [1.807, 2.05) is 0 Å². The van der Waals surface area contributed by atoms with E-state index < -0.39 is 34.6 Å².